The minimum atomic E-state index is -4.98. The first kappa shape index (κ1) is 22.2. The van der Waals surface area contributed by atoms with Crippen molar-refractivity contribution in [2.45, 2.75) is 38.5 Å². The fourth-order valence-corrected chi connectivity index (χ4v) is 3.19. The Morgan fingerprint density at radius 2 is 1.88 bits per heavy atom. The Hall–Kier alpha value is -1.81. The van der Waals surface area contributed by atoms with Crippen LogP contribution in [0.5, 0.6) is 0 Å². The molecule has 0 saturated carbocycles. The van der Waals surface area contributed by atoms with Crippen molar-refractivity contribution in [2.24, 2.45) is 0 Å². The van der Waals surface area contributed by atoms with Crippen LogP contribution in [0.15, 0.2) is 36.5 Å². The van der Waals surface area contributed by atoms with Gasteiger partial charge in [-0.15, -0.1) is 0 Å². The summed E-state index contributed by atoms with van der Waals surface area (Å²) >= 11 is 11.8. The highest BCUT2D eigenvalue weighted by atomic mass is 35.5. The number of aromatic nitrogens is 1. The maximum absolute atomic E-state index is 13.8. The molecule has 0 radical (unpaired) electrons. The maximum atomic E-state index is 13.8. The summed E-state index contributed by atoms with van der Waals surface area (Å²) in [7, 11) is 0. The Morgan fingerprint density at radius 3 is 2.38 bits per heavy atom. The number of hydrogen-bond donors (Lipinski definition) is 1. The van der Waals surface area contributed by atoms with Crippen molar-refractivity contribution in [1.82, 2.24) is 4.98 Å². The Labute approximate surface area is 160 Å². The van der Waals surface area contributed by atoms with E-state index in [-0.39, 0.29) is 29.6 Å². The number of nitriles is 1. The number of hydrogen-bond acceptors (Lipinski definition) is 3. The highest BCUT2D eigenvalue weighted by molar-refractivity contribution is 6.31. The molecule has 2 atom stereocenters. The van der Waals surface area contributed by atoms with Crippen LogP contribution in [-0.2, 0) is 12.0 Å². The first-order valence-corrected chi connectivity index (χ1v) is 7.93. The van der Waals surface area contributed by atoms with Crippen molar-refractivity contribution in [3.05, 3.63) is 63.4 Å². The number of nitrogens with zero attached hydrogens (tertiary/aromatic N) is 2. The van der Waals surface area contributed by atoms with Crippen molar-refractivity contribution in [3.63, 3.8) is 0 Å². The van der Waals surface area contributed by atoms with Crippen LogP contribution in [0.3, 0.4) is 0 Å². The Balaban J connectivity index is 0.00000338. The lowest BCUT2D eigenvalue weighted by Gasteiger charge is -2.37. The van der Waals surface area contributed by atoms with E-state index in [1.54, 1.807) is 0 Å². The second-order valence-corrected chi connectivity index (χ2v) is 6.34. The lowest BCUT2D eigenvalue weighted by atomic mass is 9.78. The van der Waals surface area contributed by atoms with Gasteiger partial charge >= 0.3 is 6.18 Å². The van der Waals surface area contributed by atoms with Gasteiger partial charge in [0.25, 0.3) is 0 Å². The largest absolute Gasteiger partial charge is 0.422 e. The predicted molar refractivity (Wildman–Crippen MR) is 95.1 cm³/mol. The van der Waals surface area contributed by atoms with E-state index in [2.05, 4.69) is 4.98 Å². The van der Waals surface area contributed by atoms with Crippen LogP contribution in [0, 0.1) is 11.3 Å². The molecule has 8 heteroatoms. The molecule has 26 heavy (non-hydrogen) atoms. The molecule has 1 N–H and O–H groups in total. The van der Waals surface area contributed by atoms with Gasteiger partial charge in [0.1, 0.15) is 5.15 Å². The number of halogens is 5. The molecule has 0 spiro atoms. The third-order valence-electron chi connectivity index (χ3n) is 4.04. The molecule has 0 aliphatic heterocycles. The summed E-state index contributed by atoms with van der Waals surface area (Å²) in [6.45, 7) is 1.23. The van der Waals surface area contributed by atoms with Crippen LogP contribution in [0.1, 0.15) is 37.0 Å². The van der Waals surface area contributed by atoms with Gasteiger partial charge in [0, 0.05) is 17.1 Å². The topological polar surface area (TPSA) is 56.9 Å². The van der Waals surface area contributed by atoms with E-state index >= 15 is 0 Å². The predicted octanol–water partition coefficient (Wildman–Crippen LogP) is 5.64. The first-order valence-electron chi connectivity index (χ1n) is 7.17. The Bertz CT molecular complexity index is 821. The number of pyridine rings is 1. The van der Waals surface area contributed by atoms with E-state index in [0.717, 1.165) is 18.3 Å². The molecule has 0 amide bonds. The van der Waals surface area contributed by atoms with Crippen LogP contribution in [0.2, 0.25) is 10.2 Å². The van der Waals surface area contributed by atoms with Crippen LogP contribution in [0.4, 0.5) is 13.2 Å². The average molecular weight is 405 g/mol. The standard InChI is InChI=1S/C17H13Cl2F3N2O.CH4/c1-10(13-3-2-11(4-6-23)8-14(13)18)16(25,17(20,21)22)12-5-7-24-15(19)9-12;/h2-3,5,7-10,25H,4H2,1H3;1H4. The smallest absolute Gasteiger partial charge is 0.376 e. The van der Waals surface area contributed by atoms with E-state index in [0.29, 0.717) is 5.56 Å². The van der Waals surface area contributed by atoms with Crippen molar-refractivity contribution >= 4 is 23.2 Å². The van der Waals surface area contributed by atoms with Gasteiger partial charge in [-0.05, 0) is 34.9 Å². The molecule has 1 heterocycles. The third-order valence-corrected chi connectivity index (χ3v) is 4.57. The summed E-state index contributed by atoms with van der Waals surface area (Å²) in [4.78, 5) is 3.65. The lowest BCUT2D eigenvalue weighted by Crippen LogP contribution is -2.46. The number of benzene rings is 1. The van der Waals surface area contributed by atoms with Gasteiger partial charge in [-0.1, -0.05) is 49.7 Å². The molecule has 2 unspecified atom stereocenters. The SMILES string of the molecule is C.CC(c1ccc(CC#N)cc1Cl)C(O)(c1ccnc(Cl)c1)C(F)(F)F. The minimum absolute atomic E-state index is 0. The summed E-state index contributed by atoms with van der Waals surface area (Å²) in [5.41, 5.74) is -2.95. The van der Waals surface area contributed by atoms with Gasteiger partial charge in [-0.3, -0.25) is 0 Å². The fourth-order valence-electron chi connectivity index (χ4n) is 2.65. The fraction of sp³-hybridized carbons (Fsp3) is 0.333. The average Bonchev–Trinajstić information content (AvgIpc) is 2.53. The van der Waals surface area contributed by atoms with E-state index in [4.69, 9.17) is 28.5 Å². The summed E-state index contributed by atoms with van der Waals surface area (Å²) in [6.07, 6.45) is -3.80. The van der Waals surface area contributed by atoms with Crippen molar-refractivity contribution in [1.29, 1.82) is 5.26 Å². The molecule has 2 rings (SSSR count). The Kier molecular flexibility index (Phi) is 7.06. The van der Waals surface area contributed by atoms with E-state index in [1.807, 2.05) is 6.07 Å². The van der Waals surface area contributed by atoms with Gasteiger partial charge in [0.15, 0.2) is 5.60 Å². The van der Waals surface area contributed by atoms with Gasteiger partial charge in [-0.25, -0.2) is 4.98 Å². The monoisotopic (exact) mass is 404 g/mol. The summed E-state index contributed by atoms with van der Waals surface area (Å²) in [6, 6.07) is 8.30. The number of rotatable bonds is 4. The molecule has 0 bridgehead atoms. The summed E-state index contributed by atoms with van der Waals surface area (Å²) in [5, 5.41) is 19.2. The van der Waals surface area contributed by atoms with Crippen molar-refractivity contribution in [3.8, 4) is 6.07 Å². The summed E-state index contributed by atoms with van der Waals surface area (Å²) in [5.74, 6) is -1.42. The normalized spacial score (nSPS) is 14.7. The lowest BCUT2D eigenvalue weighted by molar-refractivity contribution is -0.274. The molecule has 3 nitrogen and oxygen atoms in total. The molecular weight excluding hydrogens is 388 g/mol. The quantitative estimate of drug-likeness (QED) is 0.670. The van der Waals surface area contributed by atoms with E-state index in [9.17, 15) is 18.3 Å². The van der Waals surface area contributed by atoms with Gasteiger partial charge in [-0.2, -0.15) is 18.4 Å². The second kappa shape index (κ2) is 8.26. The van der Waals surface area contributed by atoms with E-state index in [1.165, 1.54) is 25.1 Å². The first-order chi connectivity index (χ1) is 11.6. The van der Waals surface area contributed by atoms with Crippen molar-refractivity contribution < 1.29 is 18.3 Å². The number of aliphatic hydroxyl groups is 1. The summed E-state index contributed by atoms with van der Waals surface area (Å²) < 4.78 is 41.4. The van der Waals surface area contributed by atoms with Crippen LogP contribution in [-0.4, -0.2) is 16.3 Å². The highest BCUT2D eigenvalue weighted by Gasteiger charge is 2.59. The molecule has 0 fully saturated rings. The van der Waals surface area contributed by atoms with Crippen LogP contribution < -0.4 is 0 Å². The Morgan fingerprint density at radius 1 is 1.23 bits per heavy atom. The molecular formula is C18H17Cl2F3N2O. The third kappa shape index (κ3) is 4.12. The van der Waals surface area contributed by atoms with Crippen LogP contribution in [0.25, 0.3) is 0 Å². The maximum Gasteiger partial charge on any atom is 0.422 e. The van der Waals surface area contributed by atoms with Gasteiger partial charge < -0.3 is 5.11 Å². The zero-order valence-electron chi connectivity index (χ0n) is 13.0. The molecule has 0 aliphatic carbocycles. The van der Waals surface area contributed by atoms with Gasteiger partial charge in [0.2, 0.25) is 0 Å². The van der Waals surface area contributed by atoms with E-state index < -0.39 is 23.3 Å². The molecule has 1 aromatic carbocycles. The molecule has 0 saturated heterocycles. The molecule has 1 aromatic heterocycles. The molecule has 0 aliphatic rings. The van der Waals surface area contributed by atoms with Crippen LogP contribution >= 0.6 is 23.2 Å². The zero-order valence-corrected chi connectivity index (χ0v) is 14.5. The minimum Gasteiger partial charge on any atom is -0.376 e. The van der Waals surface area contributed by atoms with Gasteiger partial charge in [0.05, 0.1) is 12.5 Å². The molecule has 140 valence electrons. The second-order valence-electron chi connectivity index (χ2n) is 5.54. The molecule has 2 aromatic rings. The highest BCUT2D eigenvalue weighted by Crippen LogP contribution is 2.49. The van der Waals surface area contributed by atoms with Crippen molar-refractivity contribution in [2.75, 3.05) is 0 Å². The zero-order chi connectivity index (χ0) is 18.8. The number of alkyl halides is 3.